The van der Waals surface area contributed by atoms with Gasteiger partial charge in [-0.2, -0.15) is 0 Å². The van der Waals surface area contributed by atoms with E-state index in [4.69, 9.17) is 0 Å². The van der Waals surface area contributed by atoms with Gasteiger partial charge in [-0.1, -0.05) is 6.92 Å². The molecule has 0 spiro atoms. The van der Waals surface area contributed by atoms with Gasteiger partial charge in [0, 0.05) is 0 Å². The van der Waals surface area contributed by atoms with Gasteiger partial charge in [0.1, 0.15) is 10.1 Å². The van der Waals surface area contributed by atoms with Gasteiger partial charge in [-0.05, 0) is 6.42 Å². The molecule has 0 rings (SSSR count). The molecule has 0 aliphatic carbocycles. The quantitative estimate of drug-likeness (QED) is 0.342. The summed E-state index contributed by atoms with van der Waals surface area (Å²) in [6, 6.07) is 0. The standard InChI is InChI=1S/C3H7FO3S.K/c1-2-3(4)8(5,6)7;/h3H,2H2,1H3,(H,5,6,7);/q;+1/p-1. The first-order valence-electron chi connectivity index (χ1n) is 2.07. The SMILES string of the molecule is CCC(F)S(=O)(=O)[O-].[K+]. The molecule has 0 aromatic carbocycles. The molecule has 0 amide bonds. The van der Waals surface area contributed by atoms with Crippen LogP contribution in [0.5, 0.6) is 0 Å². The van der Waals surface area contributed by atoms with Crippen molar-refractivity contribution < 1.29 is 68.7 Å². The van der Waals surface area contributed by atoms with Crippen LogP contribution in [0.2, 0.25) is 0 Å². The van der Waals surface area contributed by atoms with E-state index < -0.39 is 15.6 Å². The Hall–Kier alpha value is 1.48. The molecule has 0 N–H and O–H groups in total. The molecule has 0 aromatic heterocycles. The molecular weight excluding hydrogens is 174 g/mol. The second-order valence-corrected chi connectivity index (χ2v) is 2.81. The van der Waals surface area contributed by atoms with Crippen LogP contribution in [0.25, 0.3) is 0 Å². The number of hydrogen-bond acceptors (Lipinski definition) is 3. The van der Waals surface area contributed by atoms with E-state index in [0.29, 0.717) is 0 Å². The molecule has 0 fully saturated rings. The van der Waals surface area contributed by atoms with Gasteiger partial charge in [0.25, 0.3) is 0 Å². The topological polar surface area (TPSA) is 57.2 Å². The third-order valence-corrected chi connectivity index (χ3v) is 1.59. The Balaban J connectivity index is 0. The molecule has 0 bridgehead atoms. The summed E-state index contributed by atoms with van der Waals surface area (Å²) in [4.78, 5) is 0. The summed E-state index contributed by atoms with van der Waals surface area (Å²) in [7, 11) is -4.67. The van der Waals surface area contributed by atoms with Gasteiger partial charge in [0.05, 0.1) is 0 Å². The van der Waals surface area contributed by atoms with Gasteiger partial charge in [0.15, 0.2) is 5.50 Å². The minimum atomic E-state index is -4.67. The van der Waals surface area contributed by atoms with E-state index in [-0.39, 0.29) is 57.8 Å². The van der Waals surface area contributed by atoms with Gasteiger partial charge in [-0.25, -0.2) is 12.8 Å². The van der Waals surface area contributed by atoms with Crippen LogP contribution in [0.15, 0.2) is 0 Å². The minimum absolute atomic E-state index is 0. The van der Waals surface area contributed by atoms with Crippen molar-refractivity contribution >= 4 is 10.1 Å². The smallest absolute Gasteiger partial charge is 0.746 e. The predicted molar refractivity (Wildman–Crippen MR) is 24.9 cm³/mol. The largest absolute Gasteiger partial charge is 1.00 e. The maximum Gasteiger partial charge on any atom is 1.00 e. The van der Waals surface area contributed by atoms with E-state index in [9.17, 15) is 17.4 Å². The van der Waals surface area contributed by atoms with E-state index in [1.807, 2.05) is 0 Å². The number of rotatable bonds is 2. The van der Waals surface area contributed by atoms with Crippen molar-refractivity contribution in [3.05, 3.63) is 0 Å². The van der Waals surface area contributed by atoms with E-state index >= 15 is 0 Å². The van der Waals surface area contributed by atoms with Crippen LogP contribution >= 0.6 is 0 Å². The van der Waals surface area contributed by atoms with Crippen molar-refractivity contribution in [3.8, 4) is 0 Å². The van der Waals surface area contributed by atoms with E-state index in [0.717, 1.165) is 0 Å². The van der Waals surface area contributed by atoms with Crippen LogP contribution in [-0.4, -0.2) is 18.5 Å². The van der Waals surface area contributed by atoms with Gasteiger partial charge in [-0.3, -0.25) is 0 Å². The maximum absolute atomic E-state index is 11.7. The van der Waals surface area contributed by atoms with Crippen molar-refractivity contribution in [1.29, 1.82) is 0 Å². The fraction of sp³-hybridized carbons (Fsp3) is 1.00. The normalized spacial score (nSPS) is 14.1. The molecule has 0 aromatic rings. The third kappa shape index (κ3) is 5.90. The molecule has 0 heterocycles. The van der Waals surface area contributed by atoms with Crippen LogP contribution in [-0.2, 0) is 10.1 Å². The predicted octanol–water partition coefficient (Wildman–Crippen LogP) is -2.76. The molecule has 6 heteroatoms. The average molecular weight is 180 g/mol. The summed E-state index contributed by atoms with van der Waals surface area (Å²) in [6.07, 6.45) is -0.272. The zero-order valence-corrected chi connectivity index (χ0v) is 9.24. The number of halogens is 1. The Labute approximate surface area is 96.2 Å². The van der Waals surface area contributed by atoms with Crippen molar-refractivity contribution in [2.45, 2.75) is 18.8 Å². The van der Waals surface area contributed by atoms with E-state index in [2.05, 4.69) is 0 Å². The van der Waals surface area contributed by atoms with Crippen molar-refractivity contribution in [2.24, 2.45) is 0 Å². The first-order chi connectivity index (χ1) is 3.48. The van der Waals surface area contributed by atoms with Crippen LogP contribution in [0.1, 0.15) is 13.3 Å². The Morgan fingerprint density at radius 3 is 2.00 bits per heavy atom. The summed E-state index contributed by atoms with van der Waals surface area (Å²) in [5.41, 5.74) is -2.23. The molecule has 0 saturated heterocycles. The zero-order valence-electron chi connectivity index (χ0n) is 5.30. The molecule has 0 aliphatic rings. The Morgan fingerprint density at radius 2 is 2.00 bits per heavy atom. The third-order valence-electron chi connectivity index (χ3n) is 0.634. The zero-order chi connectivity index (χ0) is 6.78. The molecule has 50 valence electrons. The van der Waals surface area contributed by atoms with Crippen molar-refractivity contribution in [2.75, 3.05) is 0 Å². The second kappa shape index (κ2) is 5.17. The fourth-order valence-electron chi connectivity index (χ4n) is 0.204. The van der Waals surface area contributed by atoms with Crippen molar-refractivity contribution in [1.82, 2.24) is 0 Å². The van der Waals surface area contributed by atoms with Crippen molar-refractivity contribution in [3.63, 3.8) is 0 Å². The van der Waals surface area contributed by atoms with Crippen LogP contribution in [0, 0.1) is 0 Å². The van der Waals surface area contributed by atoms with E-state index in [1.54, 1.807) is 0 Å². The average Bonchev–Trinajstić information content (AvgIpc) is 1.62. The second-order valence-electron chi connectivity index (χ2n) is 1.31. The fourth-order valence-corrected chi connectivity index (χ4v) is 0.612. The summed E-state index contributed by atoms with van der Waals surface area (Å²) in [5, 5.41) is 0. The summed E-state index contributed by atoms with van der Waals surface area (Å²) >= 11 is 0. The van der Waals surface area contributed by atoms with Crippen LogP contribution < -0.4 is 51.4 Å². The molecule has 9 heavy (non-hydrogen) atoms. The molecular formula is C3H6FKO3S. The summed E-state index contributed by atoms with van der Waals surface area (Å²) in [5.74, 6) is 0. The van der Waals surface area contributed by atoms with Gasteiger partial charge >= 0.3 is 51.4 Å². The summed E-state index contributed by atoms with van der Waals surface area (Å²) in [6.45, 7) is 1.29. The Bertz CT molecular complexity index is 154. The van der Waals surface area contributed by atoms with Gasteiger partial charge in [-0.15, -0.1) is 0 Å². The Kier molecular flexibility index (Phi) is 7.52. The molecule has 1 unspecified atom stereocenters. The van der Waals surface area contributed by atoms with Crippen LogP contribution in [0.3, 0.4) is 0 Å². The Morgan fingerprint density at radius 1 is 1.67 bits per heavy atom. The molecule has 0 saturated carbocycles. The number of hydrogen-bond donors (Lipinski definition) is 0. The summed E-state index contributed by atoms with van der Waals surface area (Å²) < 4.78 is 40.6. The molecule has 0 radical (unpaired) electrons. The first kappa shape index (κ1) is 13.1. The molecule has 0 aliphatic heterocycles. The van der Waals surface area contributed by atoms with Gasteiger partial charge in [0.2, 0.25) is 0 Å². The molecule has 1 atom stereocenters. The monoisotopic (exact) mass is 180 g/mol. The number of alkyl halides is 1. The van der Waals surface area contributed by atoms with Gasteiger partial charge < -0.3 is 4.55 Å². The van der Waals surface area contributed by atoms with E-state index in [1.165, 1.54) is 6.92 Å². The molecule has 3 nitrogen and oxygen atoms in total. The minimum Gasteiger partial charge on any atom is -0.746 e. The first-order valence-corrected chi connectivity index (χ1v) is 3.54. The van der Waals surface area contributed by atoms with Crippen LogP contribution in [0.4, 0.5) is 4.39 Å². The maximum atomic E-state index is 11.7.